The Bertz CT molecular complexity index is 379. The summed E-state index contributed by atoms with van der Waals surface area (Å²) in [6.45, 7) is 8.31. The predicted molar refractivity (Wildman–Crippen MR) is 74.5 cm³/mol. The van der Waals surface area contributed by atoms with Gasteiger partial charge in [-0.1, -0.05) is 12.1 Å². The van der Waals surface area contributed by atoms with Crippen LogP contribution in [0.4, 0.5) is 0 Å². The lowest BCUT2D eigenvalue weighted by Crippen LogP contribution is -2.35. The Morgan fingerprint density at radius 3 is 2.33 bits per heavy atom. The monoisotopic (exact) mass is 275 g/mol. The number of phenolic OH excluding ortho intramolecular Hbond substituents is 1. The summed E-state index contributed by atoms with van der Waals surface area (Å²) < 4.78 is 5.32. The zero-order valence-electron chi connectivity index (χ0n) is 10.9. The molecular formula is C13H22ClNO3. The normalized spacial score (nSPS) is 15.7. The maximum Gasteiger partial charge on any atom is 0.123 e. The van der Waals surface area contributed by atoms with Gasteiger partial charge in [0.1, 0.15) is 5.75 Å². The Morgan fingerprint density at radius 1 is 1.17 bits per heavy atom. The summed E-state index contributed by atoms with van der Waals surface area (Å²) in [7, 11) is 0. The van der Waals surface area contributed by atoms with Crippen molar-refractivity contribution in [1.82, 2.24) is 4.90 Å². The van der Waals surface area contributed by atoms with Crippen LogP contribution >= 0.6 is 12.4 Å². The van der Waals surface area contributed by atoms with Gasteiger partial charge in [0, 0.05) is 25.2 Å². The number of nitrogens with zero attached hydrogens (tertiary/aromatic N) is 1. The van der Waals surface area contributed by atoms with Crippen LogP contribution in [0, 0.1) is 13.8 Å². The number of ether oxygens (including phenoxy) is 1. The lowest BCUT2D eigenvalue weighted by atomic mass is 10.0. The minimum atomic E-state index is 0. The van der Waals surface area contributed by atoms with Crippen molar-refractivity contribution >= 4 is 12.4 Å². The summed E-state index contributed by atoms with van der Waals surface area (Å²) >= 11 is 0. The Kier molecular flexibility index (Phi) is 7.25. The number of phenols is 1. The van der Waals surface area contributed by atoms with E-state index in [0.29, 0.717) is 5.75 Å². The van der Waals surface area contributed by atoms with E-state index in [0.717, 1.165) is 49.5 Å². The third-order valence-corrected chi connectivity index (χ3v) is 3.20. The van der Waals surface area contributed by atoms with Crippen LogP contribution in [0.15, 0.2) is 12.1 Å². The van der Waals surface area contributed by atoms with Gasteiger partial charge in [-0.15, -0.1) is 12.4 Å². The SMILES string of the molecule is Cc1ccc(C)c(CN2CCOCC2)c1O.Cl.O. The van der Waals surface area contributed by atoms with E-state index in [4.69, 9.17) is 4.74 Å². The third kappa shape index (κ3) is 3.85. The van der Waals surface area contributed by atoms with Crippen molar-refractivity contribution in [2.24, 2.45) is 0 Å². The number of aromatic hydroxyl groups is 1. The van der Waals surface area contributed by atoms with Gasteiger partial charge in [0.05, 0.1) is 13.2 Å². The first-order valence-corrected chi connectivity index (χ1v) is 5.76. The molecule has 1 saturated heterocycles. The molecule has 1 fully saturated rings. The molecule has 1 aromatic carbocycles. The van der Waals surface area contributed by atoms with Crippen molar-refractivity contribution in [3.8, 4) is 5.75 Å². The quantitative estimate of drug-likeness (QED) is 0.888. The molecule has 0 radical (unpaired) electrons. The molecule has 0 saturated carbocycles. The fourth-order valence-corrected chi connectivity index (χ4v) is 2.04. The molecule has 0 amide bonds. The number of rotatable bonds is 2. The summed E-state index contributed by atoms with van der Waals surface area (Å²) in [5.41, 5.74) is 3.17. The second-order valence-corrected chi connectivity index (χ2v) is 4.42. The number of benzene rings is 1. The standard InChI is InChI=1S/C13H19NO2.ClH.H2O/c1-10-3-4-11(2)13(15)12(10)9-14-5-7-16-8-6-14;;/h3-4,15H,5-9H2,1-2H3;1H;1H2. The van der Waals surface area contributed by atoms with Crippen LogP contribution in [0.1, 0.15) is 16.7 Å². The van der Waals surface area contributed by atoms with Crippen LogP contribution in [0.25, 0.3) is 0 Å². The van der Waals surface area contributed by atoms with E-state index in [9.17, 15) is 5.11 Å². The van der Waals surface area contributed by atoms with Crippen molar-refractivity contribution in [2.45, 2.75) is 20.4 Å². The van der Waals surface area contributed by atoms with E-state index in [2.05, 4.69) is 17.9 Å². The van der Waals surface area contributed by atoms with Gasteiger partial charge in [-0.2, -0.15) is 0 Å². The van der Waals surface area contributed by atoms with Crippen molar-refractivity contribution < 1.29 is 15.3 Å². The molecule has 0 aromatic heterocycles. The summed E-state index contributed by atoms with van der Waals surface area (Å²) in [5, 5.41) is 10.1. The minimum Gasteiger partial charge on any atom is -0.507 e. The number of halogens is 1. The van der Waals surface area contributed by atoms with Crippen molar-refractivity contribution in [1.29, 1.82) is 0 Å². The van der Waals surface area contributed by atoms with Crippen molar-refractivity contribution in [3.63, 3.8) is 0 Å². The van der Waals surface area contributed by atoms with Gasteiger partial charge in [-0.25, -0.2) is 0 Å². The first-order valence-electron chi connectivity index (χ1n) is 5.76. The van der Waals surface area contributed by atoms with Gasteiger partial charge >= 0.3 is 0 Å². The van der Waals surface area contributed by atoms with Crippen molar-refractivity contribution in [2.75, 3.05) is 26.3 Å². The summed E-state index contributed by atoms with van der Waals surface area (Å²) in [6, 6.07) is 4.04. The molecule has 2 rings (SSSR count). The van der Waals surface area contributed by atoms with Gasteiger partial charge in [-0.3, -0.25) is 4.90 Å². The van der Waals surface area contributed by atoms with Crippen LogP contribution < -0.4 is 0 Å². The molecule has 1 aliphatic heterocycles. The van der Waals surface area contributed by atoms with E-state index in [1.165, 1.54) is 0 Å². The van der Waals surface area contributed by atoms with Crippen LogP contribution in [-0.4, -0.2) is 41.8 Å². The Morgan fingerprint density at radius 2 is 1.72 bits per heavy atom. The van der Waals surface area contributed by atoms with Crippen LogP contribution in [0.3, 0.4) is 0 Å². The maximum atomic E-state index is 10.1. The van der Waals surface area contributed by atoms with E-state index in [1.54, 1.807) is 0 Å². The fraction of sp³-hybridized carbons (Fsp3) is 0.538. The summed E-state index contributed by atoms with van der Waals surface area (Å²) in [5.74, 6) is 0.450. The zero-order valence-corrected chi connectivity index (χ0v) is 11.7. The second kappa shape index (κ2) is 7.59. The molecule has 0 aliphatic carbocycles. The Balaban J connectivity index is 0.00000144. The van der Waals surface area contributed by atoms with E-state index < -0.39 is 0 Å². The molecule has 0 spiro atoms. The number of hydrogen-bond donors (Lipinski definition) is 1. The first kappa shape index (κ1) is 17.2. The van der Waals surface area contributed by atoms with Gasteiger partial charge < -0.3 is 15.3 Å². The first-order chi connectivity index (χ1) is 7.68. The second-order valence-electron chi connectivity index (χ2n) is 4.42. The molecule has 0 atom stereocenters. The lowest BCUT2D eigenvalue weighted by molar-refractivity contribution is 0.0338. The highest BCUT2D eigenvalue weighted by Gasteiger charge is 2.15. The molecule has 0 bridgehead atoms. The molecule has 104 valence electrons. The third-order valence-electron chi connectivity index (χ3n) is 3.20. The van der Waals surface area contributed by atoms with Gasteiger partial charge in [0.15, 0.2) is 0 Å². The van der Waals surface area contributed by atoms with E-state index in [1.807, 2.05) is 13.0 Å². The smallest absolute Gasteiger partial charge is 0.123 e. The molecule has 1 heterocycles. The number of hydrogen-bond acceptors (Lipinski definition) is 3. The molecule has 0 unspecified atom stereocenters. The predicted octanol–water partition coefficient (Wildman–Crippen LogP) is 1.44. The zero-order chi connectivity index (χ0) is 11.5. The van der Waals surface area contributed by atoms with Crippen LogP contribution in [0.2, 0.25) is 0 Å². The Labute approximate surface area is 114 Å². The maximum absolute atomic E-state index is 10.1. The summed E-state index contributed by atoms with van der Waals surface area (Å²) in [4.78, 5) is 2.32. The molecule has 5 heteroatoms. The average molecular weight is 276 g/mol. The molecule has 1 aromatic rings. The fourth-order valence-electron chi connectivity index (χ4n) is 2.04. The van der Waals surface area contributed by atoms with Gasteiger partial charge in [-0.05, 0) is 25.0 Å². The van der Waals surface area contributed by atoms with E-state index in [-0.39, 0.29) is 17.9 Å². The number of morpholine rings is 1. The van der Waals surface area contributed by atoms with Crippen LogP contribution in [-0.2, 0) is 11.3 Å². The highest BCUT2D eigenvalue weighted by atomic mass is 35.5. The molecule has 1 aliphatic rings. The number of aryl methyl sites for hydroxylation is 2. The summed E-state index contributed by atoms with van der Waals surface area (Å²) in [6.07, 6.45) is 0. The topological polar surface area (TPSA) is 64.2 Å². The molecule has 3 N–H and O–H groups in total. The largest absolute Gasteiger partial charge is 0.507 e. The lowest BCUT2D eigenvalue weighted by Gasteiger charge is -2.27. The highest BCUT2D eigenvalue weighted by Crippen LogP contribution is 2.26. The van der Waals surface area contributed by atoms with Crippen LogP contribution in [0.5, 0.6) is 5.75 Å². The minimum absolute atomic E-state index is 0. The molecular weight excluding hydrogens is 254 g/mol. The van der Waals surface area contributed by atoms with Gasteiger partial charge in [0.25, 0.3) is 0 Å². The van der Waals surface area contributed by atoms with E-state index >= 15 is 0 Å². The van der Waals surface area contributed by atoms with Crippen molar-refractivity contribution in [3.05, 3.63) is 28.8 Å². The molecule has 18 heavy (non-hydrogen) atoms. The highest BCUT2D eigenvalue weighted by molar-refractivity contribution is 5.85. The van der Waals surface area contributed by atoms with Gasteiger partial charge in [0.2, 0.25) is 0 Å². The Hall–Kier alpha value is -0.810. The average Bonchev–Trinajstić information content (AvgIpc) is 2.31. The molecule has 4 nitrogen and oxygen atoms in total.